The van der Waals surface area contributed by atoms with Gasteiger partial charge < -0.3 is 15.4 Å². The lowest BCUT2D eigenvalue weighted by molar-refractivity contribution is -0.262. The van der Waals surface area contributed by atoms with Gasteiger partial charge in [-0.2, -0.15) is 15.5 Å². The van der Waals surface area contributed by atoms with E-state index in [4.69, 9.17) is 15.4 Å². The molecule has 0 aromatic heterocycles. The van der Waals surface area contributed by atoms with Crippen LogP contribution in [0.2, 0.25) is 0 Å². The zero-order valence-corrected chi connectivity index (χ0v) is 16.6. The molecule has 0 spiro atoms. The number of carbonyl (C=O) groups is 1. The highest BCUT2D eigenvalue weighted by atomic mass is 16.8. The first-order valence-corrected chi connectivity index (χ1v) is 8.47. The fraction of sp³-hybridized carbons (Fsp3) is 0.667. The summed E-state index contributed by atoms with van der Waals surface area (Å²) in [5.41, 5.74) is 2.83. The van der Waals surface area contributed by atoms with Crippen LogP contribution < -0.4 is 5.73 Å². The van der Waals surface area contributed by atoms with Crippen LogP contribution in [0.1, 0.15) is 48.5 Å². The number of oxime groups is 2. The van der Waals surface area contributed by atoms with Gasteiger partial charge in [0.25, 0.3) is 0 Å². The van der Waals surface area contributed by atoms with Crippen molar-refractivity contribution in [3.05, 3.63) is 0 Å². The summed E-state index contributed by atoms with van der Waals surface area (Å²) in [7, 11) is 0. The summed E-state index contributed by atoms with van der Waals surface area (Å²) in [5.74, 6) is -3.70. The number of carbonyl (C=O) groups excluding carboxylic acids is 1. The van der Waals surface area contributed by atoms with Gasteiger partial charge in [0.15, 0.2) is 10.8 Å². The van der Waals surface area contributed by atoms with Gasteiger partial charge in [-0.05, 0) is 27.7 Å². The number of ketones is 1. The Morgan fingerprint density at radius 3 is 1.93 bits per heavy atom. The van der Waals surface area contributed by atoms with Gasteiger partial charge in [-0.3, -0.25) is 4.79 Å². The molecule has 27 heavy (non-hydrogen) atoms. The SMILES string of the molecule is CC(C)=NOC1(ON=C(C)C)N=C(N)[C@]2(C#N)[C@@H](C(=O)C(C)(C)C)[C@]12C#N. The summed E-state index contributed by atoms with van der Waals surface area (Å²) in [6.45, 7) is 11.8. The van der Waals surface area contributed by atoms with Crippen molar-refractivity contribution in [2.45, 2.75) is 54.4 Å². The van der Waals surface area contributed by atoms with E-state index in [-0.39, 0.29) is 11.6 Å². The van der Waals surface area contributed by atoms with Crippen LogP contribution in [0.15, 0.2) is 15.3 Å². The van der Waals surface area contributed by atoms with E-state index in [1.165, 1.54) is 0 Å². The molecule has 0 amide bonds. The molecule has 3 atom stereocenters. The van der Waals surface area contributed by atoms with Crippen LogP contribution in [0.25, 0.3) is 0 Å². The van der Waals surface area contributed by atoms with E-state index in [9.17, 15) is 15.3 Å². The normalized spacial score (nSPS) is 30.0. The number of aliphatic imine (C=N–C) groups is 1. The largest absolute Gasteiger partial charge is 0.421 e. The molecule has 9 heteroatoms. The summed E-state index contributed by atoms with van der Waals surface area (Å²) in [6, 6.07) is 4.08. The fourth-order valence-corrected chi connectivity index (χ4v) is 3.36. The summed E-state index contributed by atoms with van der Waals surface area (Å²) in [5, 5.41) is 27.7. The fourth-order valence-electron chi connectivity index (χ4n) is 3.36. The zero-order valence-electron chi connectivity index (χ0n) is 16.6. The number of rotatable bonds is 5. The number of nitriles is 2. The number of hydrogen-bond acceptors (Lipinski definition) is 9. The minimum Gasteiger partial charge on any atom is -0.386 e. The Labute approximate surface area is 158 Å². The van der Waals surface area contributed by atoms with Gasteiger partial charge in [0.2, 0.25) is 0 Å². The molecule has 0 unspecified atom stereocenters. The number of Topliss-reactive ketones (excluding diaryl/α,β-unsaturated/α-hetero) is 1. The van der Waals surface area contributed by atoms with E-state index in [0.717, 1.165) is 0 Å². The van der Waals surface area contributed by atoms with Crippen molar-refractivity contribution in [2.24, 2.45) is 43.2 Å². The summed E-state index contributed by atoms with van der Waals surface area (Å²) in [4.78, 5) is 28.2. The van der Waals surface area contributed by atoms with E-state index in [0.29, 0.717) is 11.4 Å². The highest BCUT2D eigenvalue weighted by Gasteiger charge is 2.98. The van der Waals surface area contributed by atoms with Gasteiger partial charge in [0.1, 0.15) is 11.6 Å². The maximum absolute atomic E-state index is 13.1. The maximum Gasteiger partial charge on any atom is 0.421 e. The molecule has 1 aliphatic carbocycles. The van der Waals surface area contributed by atoms with Crippen molar-refractivity contribution < 1.29 is 14.5 Å². The Kier molecular flexibility index (Phi) is 4.57. The zero-order chi connectivity index (χ0) is 20.8. The number of nitrogens with two attached hydrogens (primary N) is 1. The lowest BCUT2D eigenvalue weighted by Crippen LogP contribution is -2.43. The molecule has 2 rings (SSSR count). The molecule has 0 aromatic carbocycles. The highest BCUT2D eigenvalue weighted by molar-refractivity contribution is 6.08. The number of fused-ring (bicyclic) bond motifs is 1. The number of hydrogen-bond donors (Lipinski definition) is 1. The lowest BCUT2D eigenvalue weighted by atomic mass is 9.84. The van der Waals surface area contributed by atoms with E-state index in [1.807, 2.05) is 6.07 Å². The van der Waals surface area contributed by atoms with Crippen LogP contribution in [0, 0.1) is 44.8 Å². The first-order valence-electron chi connectivity index (χ1n) is 8.47. The minimum atomic E-state index is -2.12. The third-order valence-corrected chi connectivity index (χ3v) is 4.63. The second-order valence-electron chi connectivity index (χ2n) is 8.23. The lowest BCUT2D eigenvalue weighted by Gasteiger charge is -2.28. The average molecular weight is 372 g/mol. The molecule has 0 radical (unpaired) electrons. The van der Waals surface area contributed by atoms with Crippen LogP contribution >= 0.6 is 0 Å². The van der Waals surface area contributed by atoms with Gasteiger partial charge in [-0.25, -0.2) is 0 Å². The Balaban J connectivity index is 2.74. The Morgan fingerprint density at radius 2 is 1.59 bits per heavy atom. The van der Waals surface area contributed by atoms with Crippen LogP contribution in [0.3, 0.4) is 0 Å². The van der Waals surface area contributed by atoms with Gasteiger partial charge in [-0.1, -0.05) is 31.1 Å². The number of nitrogens with zero attached hydrogens (tertiary/aromatic N) is 5. The molecule has 0 saturated heterocycles. The Hall–Kier alpha value is -2.94. The van der Waals surface area contributed by atoms with Crippen molar-refractivity contribution in [1.29, 1.82) is 10.5 Å². The maximum atomic E-state index is 13.1. The van der Waals surface area contributed by atoms with Crippen molar-refractivity contribution in [3.8, 4) is 12.1 Å². The molecular weight excluding hydrogens is 348 g/mol. The second kappa shape index (κ2) is 6.05. The van der Waals surface area contributed by atoms with Crippen molar-refractivity contribution in [2.75, 3.05) is 0 Å². The van der Waals surface area contributed by atoms with Gasteiger partial charge >= 0.3 is 5.91 Å². The van der Waals surface area contributed by atoms with E-state index >= 15 is 0 Å². The molecule has 2 N–H and O–H groups in total. The second-order valence-corrected chi connectivity index (χ2v) is 8.23. The highest BCUT2D eigenvalue weighted by Crippen LogP contribution is 2.79. The van der Waals surface area contributed by atoms with E-state index in [2.05, 4.69) is 21.4 Å². The summed E-state index contributed by atoms with van der Waals surface area (Å²) < 4.78 is 0. The van der Waals surface area contributed by atoms with Crippen molar-refractivity contribution in [3.63, 3.8) is 0 Å². The molecule has 144 valence electrons. The minimum absolute atomic E-state index is 0.193. The molecule has 1 aliphatic heterocycles. The van der Waals surface area contributed by atoms with E-state index in [1.54, 1.807) is 48.5 Å². The first-order chi connectivity index (χ1) is 12.4. The molecule has 2 aliphatic rings. The Bertz CT molecular complexity index is 826. The predicted octanol–water partition coefficient (Wildman–Crippen LogP) is 2.10. The Morgan fingerprint density at radius 1 is 1.11 bits per heavy atom. The molecule has 0 bridgehead atoms. The molecule has 1 saturated carbocycles. The topological polar surface area (TPSA) is 146 Å². The third kappa shape index (κ3) is 2.49. The van der Waals surface area contributed by atoms with Gasteiger partial charge in [0, 0.05) is 5.41 Å². The molecule has 1 fully saturated rings. The number of amidine groups is 1. The molecule has 9 nitrogen and oxygen atoms in total. The van der Waals surface area contributed by atoms with Crippen LogP contribution in [-0.4, -0.2) is 29.0 Å². The smallest absolute Gasteiger partial charge is 0.386 e. The van der Waals surface area contributed by atoms with Gasteiger partial charge in [-0.15, -0.1) is 0 Å². The first kappa shape index (κ1) is 20.4. The van der Waals surface area contributed by atoms with E-state index < -0.39 is 28.1 Å². The van der Waals surface area contributed by atoms with Crippen molar-refractivity contribution >= 4 is 23.0 Å². The van der Waals surface area contributed by atoms with Crippen LogP contribution in [0.5, 0.6) is 0 Å². The van der Waals surface area contributed by atoms with Crippen LogP contribution in [0.4, 0.5) is 0 Å². The monoisotopic (exact) mass is 372 g/mol. The quantitative estimate of drug-likeness (QED) is 0.444. The van der Waals surface area contributed by atoms with Crippen molar-refractivity contribution in [1.82, 2.24) is 0 Å². The molecule has 1 heterocycles. The molecular formula is C18H24N6O3. The van der Waals surface area contributed by atoms with Crippen LogP contribution in [-0.2, 0) is 14.5 Å². The predicted molar refractivity (Wildman–Crippen MR) is 98.1 cm³/mol. The third-order valence-electron chi connectivity index (χ3n) is 4.63. The summed E-state index contributed by atoms with van der Waals surface area (Å²) >= 11 is 0. The molecule has 0 aromatic rings. The summed E-state index contributed by atoms with van der Waals surface area (Å²) in [6.07, 6.45) is 0. The van der Waals surface area contributed by atoms with Gasteiger partial charge in [0.05, 0.1) is 29.5 Å². The average Bonchev–Trinajstić information content (AvgIpc) is 3.13. The standard InChI is InChI=1S/C18H24N6O3/c1-10(2)23-26-18(27-24-11(3)4)17(9-20)12(13(25)15(5,6)7)16(17,8-19)14(21)22-18/h12H,1-7H3,(H2,21,22)/t12-,16+,17+/m1/s1.